The van der Waals surface area contributed by atoms with Crippen LogP contribution < -0.4 is 10.6 Å². The van der Waals surface area contributed by atoms with Crippen molar-refractivity contribution in [2.24, 2.45) is 0 Å². The number of para-hydroxylation sites is 1. The molecule has 0 unspecified atom stereocenters. The number of hydrogen-bond donors (Lipinski definition) is 2. The number of carbonyl (C=O) groups excluding carboxylic acids is 2. The predicted molar refractivity (Wildman–Crippen MR) is 83.4 cm³/mol. The van der Waals surface area contributed by atoms with Crippen LogP contribution >= 0.6 is 0 Å². The lowest BCUT2D eigenvalue weighted by Crippen LogP contribution is -2.40. The molecule has 0 aromatic heterocycles. The minimum atomic E-state index is -0.337. The highest BCUT2D eigenvalue weighted by atomic mass is 16.2. The molecule has 0 saturated carbocycles. The maximum Gasteiger partial charge on any atom is 0.319 e. The summed E-state index contributed by atoms with van der Waals surface area (Å²) in [5.74, 6) is 0.313. The van der Waals surface area contributed by atoms with Gasteiger partial charge in [-0.3, -0.25) is 4.79 Å². The number of carbonyl (C=O) groups is 2. The van der Waals surface area contributed by atoms with Crippen molar-refractivity contribution >= 4 is 17.6 Å². The molecule has 0 bridgehead atoms. The monoisotopic (exact) mass is 289 g/mol. The molecule has 0 aliphatic carbocycles. The molecule has 2 rings (SSSR count). The molecule has 21 heavy (non-hydrogen) atoms. The molecular formula is C16H23N3O2. The third-order valence-corrected chi connectivity index (χ3v) is 3.69. The molecule has 5 heteroatoms. The Kier molecular flexibility index (Phi) is 5.20. The molecule has 1 aromatic rings. The van der Waals surface area contributed by atoms with Gasteiger partial charge >= 0.3 is 6.03 Å². The first-order chi connectivity index (χ1) is 10.1. The number of anilines is 1. The van der Waals surface area contributed by atoms with Gasteiger partial charge in [-0.05, 0) is 30.4 Å². The number of likely N-dealkylation sites (tertiary alicyclic amines) is 1. The second-order valence-corrected chi connectivity index (χ2v) is 5.64. The van der Waals surface area contributed by atoms with E-state index in [1.165, 1.54) is 0 Å². The molecule has 2 N–H and O–H groups in total. The number of benzene rings is 1. The smallest absolute Gasteiger partial charge is 0.319 e. The number of nitrogens with zero attached hydrogens (tertiary/aromatic N) is 1. The first kappa shape index (κ1) is 15.4. The fraction of sp³-hybridized carbons (Fsp3) is 0.500. The van der Waals surface area contributed by atoms with E-state index >= 15 is 0 Å². The van der Waals surface area contributed by atoms with Crippen molar-refractivity contribution < 1.29 is 9.59 Å². The Morgan fingerprint density at radius 2 is 1.86 bits per heavy atom. The van der Waals surface area contributed by atoms with E-state index in [1.807, 2.05) is 24.3 Å². The van der Waals surface area contributed by atoms with Crippen molar-refractivity contribution in [2.45, 2.75) is 32.6 Å². The van der Waals surface area contributed by atoms with E-state index in [1.54, 1.807) is 4.90 Å². The van der Waals surface area contributed by atoms with Crippen molar-refractivity contribution in [2.75, 3.05) is 25.0 Å². The van der Waals surface area contributed by atoms with Gasteiger partial charge in [0.25, 0.3) is 0 Å². The molecule has 0 spiro atoms. The van der Waals surface area contributed by atoms with E-state index in [0.29, 0.717) is 5.92 Å². The van der Waals surface area contributed by atoms with Crippen LogP contribution in [-0.4, -0.2) is 36.5 Å². The van der Waals surface area contributed by atoms with Crippen LogP contribution in [0.5, 0.6) is 0 Å². The van der Waals surface area contributed by atoms with E-state index in [-0.39, 0.29) is 18.5 Å². The lowest BCUT2D eigenvalue weighted by atomic mass is 10.0. The second kappa shape index (κ2) is 7.11. The van der Waals surface area contributed by atoms with Gasteiger partial charge in [-0.25, -0.2) is 4.79 Å². The van der Waals surface area contributed by atoms with E-state index in [2.05, 4.69) is 24.5 Å². The van der Waals surface area contributed by atoms with E-state index < -0.39 is 0 Å². The summed E-state index contributed by atoms with van der Waals surface area (Å²) in [6.45, 7) is 5.82. The molecule has 1 aliphatic rings. The number of hydrogen-bond acceptors (Lipinski definition) is 2. The predicted octanol–water partition coefficient (Wildman–Crippen LogP) is 2.55. The van der Waals surface area contributed by atoms with E-state index in [0.717, 1.165) is 37.2 Å². The minimum Gasteiger partial charge on any atom is -0.341 e. The maximum absolute atomic E-state index is 11.9. The number of rotatable bonds is 4. The molecule has 1 aliphatic heterocycles. The summed E-state index contributed by atoms with van der Waals surface area (Å²) in [6.07, 6.45) is 2.11. The van der Waals surface area contributed by atoms with E-state index in [4.69, 9.17) is 0 Å². The Morgan fingerprint density at radius 3 is 2.52 bits per heavy atom. The summed E-state index contributed by atoms with van der Waals surface area (Å²) in [5.41, 5.74) is 1.87. The van der Waals surface area contributed by atoms with Crippen LogP contribution in [0.15, 0.2) is 24.3 Å². The molecule has 114 valence electrons. The van der Waals surface area contributed by atoms with Crippen molar-refractivity contribution in [3.05, 3.63) is 29.8 Å². The zero-order valence-corrected chi connectivity index (χ0v) is 12.7. The maximum atomic E-state index is 11.9. The lowest BCUT2D eigenvalue weighted by Gasteiger charge is -2.17. The van der Waals surface area contributed by atoms with Crippen molar-refractivity contribution in [3.8, 4) is 0 Å². The summed E-state index contributed by atoms with van der Waals surface area (Å²) in [6, 6.07) is 7.37. The molecule has 5 nitrogen and oxygen atoms in total. The first-order valence-corrected chi connectivity index (χ1v) is 7.49. The Bertz CT molecular complexity index is 508. The van der Waals surface area contributed by atoms with Gasteiger partial charge in [0.15, 0.2) is 0 Å². The van der Waals surface area contributed by atoms with Crippen LogP contribution in [0.2, 0.25) is 0 Å². The van der Waals surface area contributed by atoms with Crippen LogP contribution in [0.4, 0.5) is 10.5 Å². The Labute approximate surface area is 125 Å². The third-order valence-electron chi connectivity index (χ3n) is 3.69. The number of urea groups is 1. The largest absolute Gasteiger partial charge is 0.341 e. The highest BCUT2D eigenvalue weighted by Gasteiger charge is 2.18. The lowest BCUT2D eigenvalue weighted by molar-refractivity contribution is -0.128. The third kappa shape index (κ3) is 4.21. The zero-order valence-electron chi connectivity index (χ0n) is 12.7. The van der Waals surface area contributed by atoms with Gasteiger partial charge in [0.05, 0.1) is 6.54 Å². The second-order valence-electron chi connectivity index (χ2n) is 5.64. The van der Waals surface area contributed by atoms with Gasteiger partial charge in [-0.2, -0.15) is 0 Å². The summed E-state index contributed by atoms with van der Waals surface area (Å²) < 4.78 is 0. The Morgan fingerprint density at radius 1 is 1.19 bits per heavy atom. The van der Waals surface area contributed by atoms with Crippen LogP contribution in [0.1, 0.15) is 38.2 Å². The van der Waals surface area contributed by atoms with Gasteiger partial charge in [0.1, 0.15) is 0 Å². The first-order valence-electron chi connectivity index (χ1n) is 7.49. The highest BCUT2D eigenvalue weighted by molar-refractivity contribution is 5.93. The van der Waals surface area contributed by atoms with Crippen LogP contribution in [0, 0.1) is 0 Å². The SMILES string of the molecule is CC(C)c1ccccc1NC(=O)NCC(=O)N1CCCC1. The van der Waals surface area contributed by atoms with Crippen LogP contribution in [-0.2, 0) is 4.79 Å². The Balaban J connectivity index is 1.86. The summed E-state index contributed by atoms with van der Waals surface area (Å²) in [5, 5.41) is 5.45. The average molecular weight is 289 g/mol. The van der Waals surface area contributed by atoms with Gasteiger partial charge in [0.2, 0.25) is 5.91 Å². The highest BCUT2D eigenvalue weighted by Crippen LogP contribution is 2.23. The van der Waals surface area contributed by atoms with Gasteiger partial charge in [0, 0.05) is 18.8 Å². The quantitative estimate of drug-likeness (QED) is 0.895. The molecule has 1 fully saturated rings. The molecule has 1 heterocycles. The summed E-state index contributed by atoms with van der Waals surface area (Å²) >= 11 is 0. The van der Waals surface area contributed by atoms with Crippen LogP contribution in [0.25, 0.3) is 0 Å². The molecular weight excluding hydrogens is 266 g/mol. The fourth-order valence-electron chi connectivity index (χ4n) is 2.52. The molecule has 1 aromatic carbocycles. The zero-order chi connectivity index (χ0) is 15.2. The summed E-state index contributed by atoms with van der Waals surface area (Å²) in [4.78, 5) is 25.6. The summed E-state index contributed by atoms with van der Waals surface area (Å²) in [7, 11) is 0. The standard InChI is InChI=1S/C16H23N3O2/c1-12(2)13-7-3-4-8-14(13)18-16(21)17-11-15(20)19-9-5-6-10-19/h3-4,7-8,12H,5-6,9-11H2,1-2H3,(H2,17,18,21). The molecule has 1 saturated heterocycles. The number of nitrogens with one attached hydrogen (secondary N) is 2. The van der Waals surface area contributed by atoms with Crippen molar-refractivity contribution in [1.29, 1.82) is 0 Å². The van der Waals surface area contributed by atoms with Crippen LogP contribution in [0.3, 0.4) is 0 Å². The molecule has 0 atom stereocenters. The topological polar surface area (TPSA) is 61.4 Å². The van der Waals surface area contributed by atoms with Gasteiger partial charge < -0.3 is 15.5 Å². The minimum absolute atomic E-state index is 0.0141. The Hall–Kier alpha value is -2.04. The average Bonchev–Trinajstić information content (AvgIpc) is 2.99. The normalized spacial score (nSPS) is 14.3. The fourth-order valence-corrected chi connectivity index (χ4v) is 2.52. The van der Waals surface area contributed by atoms with Gasteiger partial charge in [-0.15, -0.1) is 0 Å². The van der Waals surface area contributed by atoms with Crippen molar-refractivity contribution in [1.82, 2.24) is 10.2 Å². The molecule has 3 amide bonds. The van der Waals surface area contributed by atoms with Crippen molar-refractivity contribution in [3.63, 3.8) is 0 Å². The molecule has 0 radical (unpaired) electrons. The number of amides is 3. The van der Waals surface area contributed by atoms with Gasteiger partial charge in [-0.1, -0.05) is 32.0 Å². The van der Waals surface area contributed by atoms with E-state index in [9.17, 15) is 9.59 Å².